The first-order chi connectivity index (χ1) is 12.6. The zero-order chi connectivity index (χ0) is 21.3. The van der Waals surface area contributed by atoms with Gasteiger partial charge >= 0.3 is 18.0 Å². The molecule has 0 aromatic heterocycles. The summed E-state index contributed by atoms with van der Waals surface area (Å²) in [7, 11) is 0. The third-order valence-corrected chi connectivity index (χ3v) is 4.44. The normalized spacial score (nSPS) is 10.5. The molecule has 11 nitrogen and oxygen atoms in total. The van der Waals surface area contributed by atoms with Gasteiger partial charge in [-0.25, -0.2) is 14.4 Å². The lowest BCUT2D eigenvalue weighted by Crippen LogP contribution is -2.46. The Labute approximate surface area is 165 Å². The van der Waals surface area contributed by atoms with Crippen molar-refractivity contribution in [3.05, 3.63) is 0 Å². The van der Waals surface area contributed by atoms with E-state index in [9.17, 15) is 19.2 Å². The number of primary amides is 1. The van der Waals surface area contributed by atoms with Gasteiger partial charge < -0.3 is 30.2 Å². The molecule has 0 fully saturated rings. The number of urea groups is 1. The van der Waals surface area contributed by atoms with Crippen LogP contribution in [0.5, 0.6) is 0 Å². The maximum atomic E-state index is 11.3. The first kappa shape index (κ1) is 27.5. The summed E-state index contributed by atoms with van der Waals surface area (Å²) in [6.07, 6.45) is 1.23. The molecule has 0 atom stereocenters. The Bertz CT molecular complexity index is 450. The zero-order valence-electron chi connectivity index (χ0n) is 15.4. The second kappa shape index (κ2) is 16.4. The molecule has 0 unspecified atom stereocenters. The van der Waals surface area contributed by atoms with Gasteiger partial charge in [0.1, 0.15) is 17.5 Å². The monoisotopic (exact) mass is 458 g/mol. The molecule has 0 heterocycles. The Balaban J connectivity index is 0. The number of halogens is 1. The highest BCUT2D eigenvalue weighted by Crippen LogP contribution is 2.26. The van der Waals surface area contributed by atoms with Crippen molar-refractivity contribution in [1.82, 2.24) is 5.32 Å². The lowest BCUT2D eigenvalue weighted by molar-refractivity contribution is -0.142. The van der Waals surface area contributed by atoms with Crippen molar-refractivity contribution >= 4 is 39.8 Å². The summed E-state index contributed by atoms with van der Waals surface area (Å²) < 4.78 is 13.7. The molecule has 3 amide bonds. The molecule has 0 spiro atoms. The van der Waals surface area contributed by atoms with Crippen LogP contribution < -0.4 is 11.1 Å². The average Bonchev–Trinajstić information content (AvgIpc) is 2.59. The van der Waals surface area contributed by atoms with Crippen LogP contribution in [-0.2, 0) is 28.6 Å². The summed E-state index contributed by atoms with van der Waals surface area (Å²) in [6.45, 7) is 3.90. The maximum Gasteiger partial charge on any atom is 0.329 e. The average molecular weight is 459 g/mol. The molecule has 0 aliphatic rings. The standard InChI is InChI=1S/C8H14O7.C7H13BrN2O2/c9-7(10)5-14-3-1-13-2-4-15-6-8(11)12;1-3-7(8,4-2)5(11)10-6(9)12/h1-6H2,(H,9,10)(H,11,12);3-4H2,1-2H3,(H3,9,10,11,12). The number of imide groups is 1. The van der Waals surface area contributed by atoms with Gasteiger partial charge in [-0.15, -0.1) is 0 Å². The van der Waals surface area contributed by atoms with E-state index in [1.54, 1.807) is 0 Å². The van der Waals surface area contributed by atoms with Gasteiger partial charge in [-0.05, 0) is 12.8 Å². The van der Waals surface area contributed by atoms with Gasteiger partial charge in [-0.1, -0.05) is 29.8 Å². The Kier molecular flexibility index (Phi) is 16.7. The molecule has 5 N–H and O–H groups in total. The molecular weight excluding hydrogens is 432 g/mol. The van der Waals surface area contributed by atoms with Crippen molar-refractivity contribution in [1.29, 1.82) is 0 Å². The first-order valence-corrected chi connectivity index (χ1v) is 8.84. The number of nitrogens with two attached hydrogens (primary N) is 1. The molecule has 0 saturated carbocycles. The molecular formula is C15H27BrN2O9. The van der Waals surface area contributed by atoms with E-state index in [4.69, 9.17) is 20.7 Å². The first-order valence-electron chi connectivity index (χ1n) is 8.05. The summed E-state index contributed by atoms with van der Waals surface area (Å²) in [5.41, 5.74) is 4.81. The van der Waals surface area contributed by atoms with Crippen LogP contribution in [-0.4, -0.2) is 78.1 Å². The molecule has 0 aliphatic carbocycles. The summed E-state index contributed by atoms with van der Waals surface area (Å²) in [5, 5.41) is 18.4. The van der Waals surface area contributed by atoms with Crippen LogP contribution in [0.1, 0.15) is 26.7 Å². The number of hydrogen-bond acceptors (Lipinski definition) is 7. The maximum absolute atomic E-state index is 11.3. The largest absolute Gasteiger partial charge is 0.480 e. The summed E-state index contributed by atoms with van der Waals surface area (Å²) >= 11 is 3.26. The summed E-state index contributed by atoms with van der Waals surface area (Å²) in [5.74, 6) is -2.43. The molecule has 0 aliphatic heterocycles. The van der Waals surface area contributed by atoms with Crippen molar-refractivity contribution in [2.45, 2.75) is 31.0 Å². The number of aliphatic carboxylic acids is 2. The van der Waals surface area contributed by atoms with Gasteiger partial charge in [0.25, 0.3) is 0 Å². The third-order valence-electron chi connectivity index (χ3n) is 2.96. The molecule has 0 rings (SSSR count). The van der Waals surface area contributed by atoms with E-state index in [-0.39, 0.29) is 45.5 Å². The van der Waals surface area contributed by atoms with Gasteiger partial charge in [0, 0.05) is 0 Å². The number of carbonyl (C=O) groups is 4. The van der Waals surface area contributed by atoms with Crippen LogP contribution in [0.2, 0.25) is 0 Å². The van der Waals surface area contributed by atoms with Crippen molar-refractivity contribution < 1.29 is 43.6 Å². The molecule has 158 valence electrons. The fourth-order valence-corrected chi connectivity index (χ4v) is 1.55. The number of hydrogen-bond donors (Lipinski definition) is 4. The van der Waals surface area contributed by atoms with E-state index in [0.29, 0.717) is 12.8 Å². The van der Waals surface area contributed by atoms with Gasteiger partial charge in [0.2, 0.25) is 5.91 Å². The van der Waals surface area contributed by atoms with Crippen molar-refractivity contribution in [3.8, 4) is 0 Å². The van der Waals surface area contributed by atoms with Crippen molar-refractivity contribution in [2.24, 2.45) is 5.73 Å². The number of carbonyl (C=O) groups excluding carboxylic acids is 2. The second-order valence-electron chi connectivity index (χ2n) is 5.00. The van der Waals surface area contributed by atoms with Crippen LogP contribution >= 0.6 is 15.9 Å². The van der Waals surface area contributed by atoms with Crippen LogP contribution in [0.15, 0.2) is 0 Å². The number of amides is 3. The number of nitrogens with one attached hydrogen (secondary N) is 1. The molecule has 12 heteroatoms. The Hall–Kier alpha value is -1.76. The highest BCUT2D eigenvalue weighted by Gasteiger charge is 2.32. The number of carboxylic acids is 2. The highest BCUT2D eigenvalue weighted by molar-refractivity contribution is 9.10. The molecule has 27 heavy (non-hydrogen) atoms. The van der Waals surface area contributed by atoms with E-state index < -0.39 is 22.3 Å². The zero-order valence-corrected chi connectivity index (χ0v) is 17.0. The van der Waals surface area contributed by atoms with E-state index in [1.165, 1.54) is 0 Å². The fourth-order valence-electron chi connectivity index (χ4n) is 1.45. The Morgan fingerprint density at radius 3 is 1.56 bits per heavy atom. The summed E-state index contributed by atoms with van der Waals surface area (Å²) in [6, 6.07) is -0.814. The van der Waals surface area contributed by atoms with Gasteiger partial charge in [0.15, 0.2) is 0 Å². The number of ether oxygens (including phenoxy) is 3. The van der Waals surface area contributed by atoms with Crippen LogP contribution in [0.4, 0.5) is 4.79 Å². The van der Waals surface area contributed by atoms with Crippen LogP contribution in [0.25, 0.3) is 0 Å². The molecule has 0 aromatic rings. The second-order valence-corrected chi connectivity index (χ2v) is 6.51. The molecule has 0 aromatic carbocycles. The number of alkyl halides is 1. The minimum atomic E-state index is -1.03. The van der Waals surface area contributed by atoms with Crippen LogP contribution in [0, 0.1) is 0 Å². The number of rotatable bonds is 13. The lowest BCUT2D eigenvalue weighted by atomic mass is 10.0. The van der Waals surface area contributed by atoms with Crippen LogP contribution in [0.3, 0.4) is 0 Å². The van der Waals surface area contributed by atoms with Gasteiger partial charge in [-0.3, -0.25) is 10.1 Å². The molecule has 0 bridgehead atoms. The lowest BCUT2D eigenvalue weighted by Gasteiger charge is -2.21. The van der Waals surface area contributed by atoms with Gasteiger partial charge in [-0.2, -0.15) is 0 Å². The Morgan fingerprint density at radius 1 is 0.889 bits per heavy atom. The van der Waals surface area contributed by atoms with E-state index >= 15 is 0 Å². The van der Waals surface area contributed by atoms with E-state index in [1.807, 2.05) is 19.2 Å². The van der Waals surface area contributed by atoms with E-state index in [2.05, 4.69) is 25.4 Å². The van der Waals surface area contributed by atoms with Gasteiger partial charge in [0.05, 0.1) is 26.4 Å². The predicted molar refractivity (Wildman–Crippen MR) is 97.7 cm³/mol. The predicted octanol–water partition coefficient (Wildman–Crippen LogP) is 0.340. The van der Waals surface area contributed by atoms with Crippen molar-refractivity contribution in [2.75, 3.05) is 39.6 Å². The SMILES string of the molecule is CCC(Br)(CC)C(=O)NC(N)=O.O=C(O)COCCOCCOCC(=O)O. The molecule has 0 radical (unpaired) electrons. The third kappa shape index (κ3) is 17.4. The quantitative estimate of drug-likeness (QED) is 0.224. The summed E-state index contributed by atoms with van der Waals surface area (Å²) in [4.78, 5) is 41.6. The smallest absolute Gasteiger partial charge is 0.329 e. The molecule has 0 saturated heterocycles. The topological polar surface area (TPSA) is 174 Å². The number of carboxylic acid groups (broad SMARTS) is 2. The minimum absolute atomic E-state index is 0.186. The van der Waals surface area contributed by atoms with Crippen molar-refractivity contribution in [3.63, 3.8) is 0 Å². The minimum Gasteiger partial charge on any atom is -0.480 e. The van der Waals surface area contributed by atoms with E-state index in [0.717, 1.165) is 0 Å². The highest BCUT2D eigenvalue weighted by atomic mass is 79.9. The fraction of sp³-hybridized carbons (Fsp3) is 0.733. The Morgan fingerprint density at radius 2 is 1.26 bits per heavy atom.